The predicted molar refractivity (Wildman–Crippen MR) is 97.6 cm³/mol. The number of hydrogen-bond acceptors (Lipinski definition) is 4. The van der Waals surface area contributed by atoms with Crippen molar-refractivity contribution in [1.29, 1.82) is 0 Å². The Kier molecular flexibility index (Phi) is 5.49. The lowest BCUT2D eigenvalue weighted by molar-refractivity contribution is -0.151. The molecular weight excluding hydrogens is 351 g/mol. The quantitative estimate of drug-likeness (QED) is 0.821. The summed E-state index contributed by atoms with van der Waals surface area (Å²) in [7, 11) is 0. The Morgan fingerprint density at radius 2 is 1.96 bits per heavy atom. The topological polar surface area (TPSA) is 75.7 Å². The van der Waals surface area contributed by atoms with Crippen molar-refractivity contribution in [2.75, 3.05) is 23.4 Å². The summed E-state index contributed by atoms with van der Waals surface area (Å²) in [5.41, 5.74) is 2.16. The number of anilines is 2. The number of benzene rings is 2. The minimum atomic E-state index is -0.614. The first kappa shape index (κ1) is 18.6. The number of carbonyl (C=O) groups excluding carboxylic acids is 3. The molecule has 1 fully saturated rings. The minimum Gasteiger partial charge on any atom is -0.455 e. The molecule has 1 N–H and O–H groups in total. The lowest BCUT2D eigenvalue weighted by Crippen LogP contribution is -2.28. The summed E-state index contributed by atoms with van der Waals surface area (Å²) in [6.07, 6.45) is 0.0480. The Labute approximate surface area is 155 Å². The minimum absolute atomic E-state index is 0.0480. The van der Waals surface area contributed by atoms with E-state index in [0.29, 0.717) is 5.69 Å². The number of hydrogen-bond donors (Lipinski definition) is 1. The van der Waals surface area contributed by atoms with Crippen molar-refractivity contribution in [3.05, 3.63) is 59.9 Å². The molecular formula is C20H19FN2O4. The van der Waals surface area contributed by atoms with Gasteiger partial charge in [-0.15, -0.1) is 0 Å². The number of amides is 2. The van der Waals surface area contributed by atoms with Crippen molar-refractivity contribution in [3.63, 3.8) is 0 Å². The van der Waals surface area contributed by atoms with E-state index in [-0.39, 0.29) is 18.9 Å². The standard InChI is InChI=1S/C20H19FN2O4/c1-13-3-2-4-17(9-13)23-11-14(10-19(23)25)20(26)27-12-18(24)22-16-7-5-15(21)6-8-16/h2-9,14H,10-12H2,1H3,(H,22,24)/t14-/m0/s1. The van der Waals surface area contributed by atoms with Crippen molar-refractivity contribution >= 4 is 29.2 Å². The second kappa shape index (κ2) is 7.99. The molecule has 0 aliphatic carbocycles. The van der Waals surface area contributed by atoms with Gasteiger partial charge in [0.05, 0.1) is 5.92 Å². The van der Waals surface area contributed by atoms with Gasteiger partial charge < -0.3 is 15.0 Å². The number of carbonyl (C=O) groups is 3. The molecule has 140 valence electrons. The molecule has 27 heavy (non-hydrogen) atoms. The highest BCUT2D eigenvalue weighted by Crippen LogP contribution is 2.26. The van der Waals surface area contributed by atoms with E-state index in [4.69, 9.17) is 4.74 Å². The Morgan fingerprint density at radius 3 is 2.67 bits per heavy atom. The van der Waals surface area contributed by atoms with E-state index >= 15 is 0 Å². The molecule has 0 radical (unpaired) electrons. The fraction of sp³-hybridized carbons (Fsp3) is 0.250. The van der Waals surface area contributed by atoms with Crippen LogP contribution >= 0.6 is 0 Å². The third kappa shape index (κ3) is 4.69. The highest BCUT2D eigenvalue weighted by atomic mass is 19.1. The zero-order valence-corrected chi connectivity index (χ0v) is 14.8. The summed E-state index contributed by atoms with van der Waals surface area (Å²) in [4.78, 5) is 37.8. The Morgan fingerprint density at radius 1 is 1.22 bits per heavy atom. The van der Waals surface area contributed by atoms with Crippen molar-refractivity contribution in [2.24, 2.45) is 5.92 Å². The van der Waals surface area contributed by atoms with Crippen molar-refractivity contribution in [3.8, 4) is 0 Å². The Balaban J connectivity index is 1.52. The van der Waals surface area contributed by atoms with Gasteiger partial charge in [-0.05, 0) is 48.9 Å². The highest BCUT2D eigenvalue weighted by Gasteiger charge is 2.36. The average Bonchev–Trinajstić information content (AvgIpc) is 3.03. The SMILES string of the molecule is Cc1cccc(N2C[C@@H](C(=O)OCC(=O)Nc3ccc(F)cc3)CC2=O)c1. The average molecular weight is 370 g/mol. The fourth-order valence-corrected chi connectivity index (χ4v) is 2.90. The number of nitrogens with zero attached hydrogens (tertiary/aromatic N) is 1. The molecule has 7 heteroatoms. The van der Waals surface area contributed by atoms with Crippen LogP contribution in [0.4, 0.5) is 15.8 Å². The molecule has 1 atom stereocenters. The van der Waals surface area contributed by atoms with Crippen LogP contribution < -0.4 is 10.2 Å². The van der Waals surface area contributed by atoms with Gasteiger partial charge in [0, 0.05) is 24.3 Å². The van der Waals surface area contributed by atoms with Gasteiger partial charge in [-0.1, -0.05) is 12.1 Å². The summed E-state index contributed by atoms with van der Waals surface area (Å²) in [5, 5.41) is 2.50. The molecule has 0 aromatic heterocycles. The molecule has 0 spiro atoms. The van der Waals surface area contributed by atoms with E-state index in [2.05, 4.69) is 5.32 Å². The van der Waals surface area contributed by atoms with Gasteiger partial charge in [-0.25, -0.2) is 4.39 Å². The number of ether oxygens (including phenoxy) is 1. The second-order valence-electron chi connectivity index (χ2n) is 6.41. The lowest BCUT2D eigenvalue weighted by Gasteiger charge is -2.17. The van der Waals surface area contributed by atoms with Crippen LogP contribution in [0.2, 0.25) is 0 Å². The molecule has 2 aromatic rings. The zero-order valence-electron chi connectivity index (χ0n) is 14.8. The van der Waals surface area contributed by atoms with Gasteiger partial charge in [0.2, 0.25) is 5.91 Å². The molecule has 0 unspecified atom stereocenters. The number of nitrogens with one attached hydrogen (secondary N) is 1. The molecule has 1 heterocycles. The van der Waals surface area contributed by atoms with E-state index in [1.54, 1.807) is 4.90 Å². The molecule has 2 aromatic carbocycles. The van der Waals surface area contributed by atoms with Crippen LogP contribution in [0.5, 0.6) is 0 Å². The van der Waals surface area contributed by atoms with E-state index in [9.17, 15) is 18.8 Å². The summed E-state index contributed by atoms with van der Waals surface area (Å²) >= 11 is 0. The van der Waals surface area contributed by atoms with Crippen LogP contribution in [0.3, 0.4) is 0 Å². The second-order valence-corrected chi connectivity index (χ2v) is 6.41. The van der Waals surface area contributed by atoms with Gasteiger partial charge >= 0.3 is 5.97 Å². The van der Waals surface area contributed by atoms with Crippen LogP contribution in [-0.2, 0) is 19.1 Å². The maximum atomic E-state index is 12.8. The Hall–Kier alpha value is -3.22. The van der Waals surface area contributed by atoms with Crippen LogP contribution in [0.15, 0.2) is 48.5 Å². The molecule has 2 amide bonds. The molecule has 1 aliphatic heterocycles. The number of aryl methyl sites for hydroxylation is 1. The maximum absolute atomic E-state index is 12.8. The van der Waals surface area contributed by atoms with Gasteiger partial charge in [-0.3, -0.25) is 14.4 Å². The van der Waals surface area contributed by atoms with E-state index in [0.717, 1.165) is 11.3 Å². The third-order valence-corrected chi connectivity index (χ3v) is 4.25. The van der Waals surface area contributed by atoms with Gasteiger partial charge in [0.15, 0.2) is 6.61 Å². The Bertz CT molecular complexity index is 867. The largest absolute Gasteiger partial charge is 0.455 e. The number of halogens is 1. The summed E-state index contributed by atoms with van der Waals surface area (Å²) in [6, 6.07) is 12.7. The first-order chi connectivity index (χ1) is 12.9. The zero-order chi connectivity index (χ0) is 19.4. The van der Waals surface area contributed by atoms with Crippen LogP contribution in [0.25, 0.3) is 0 Å². The smallest absolute Gasteiger partial charge is 0.311 e. The van der Waals surface area contributed by atoms with E-state index in [1.165, 1.54) is 24.3 Å². The van der Waals surface area contributed by atoms with Crippen molar-refractivity contribution < 1.29 is 23.5 Å². The van der Waals surface area contributed by atoms with E-state index < -0.39 is 30.2 Å². The highest BCUT2D eigenvalue weighted by molar-refractivity contribution is 6.00. The number of esters is 1. The number of rotatable bonds is 5. The van der Waals surface area contributed by atoms with Gasteiger partial charge in [-0.2, -0.15) is 0 Å². The molecule has 0 saturated carbocycles. The predicted octanol–water partition coefficient (Wildman–Crippen LogP) is 2.67. The monoisotopic (exact) mass is 370 g/mol. The maximum Gasteiger partial charge on any atom is 0.311 e. The summed E-state index contributed by atoms with van der Waals surface area (Å²) < 4.78 is 17.9. The van der Waals surface area contributed by atoms with Crippen LogP contribution in [0, 0.1) is 18.7 Å². The third-order valence-electron chi connectivity index (χ3n) is 4.25. The molecule has 0 bridgehead atoms. The van der Waals surface area contributed by atoms with Crippen molar-refractivity contribution in [2.45, 2.75) is 13.3 Å². The summed E-state index contributed by atoms with van der Waals surface area (Å²) in [6.45, 7) is 1.68. The molecule has 3 rings (SSSR count). The lowest BCUT2D eigenvalue weighted by atomic mass is 10.1. The molecule has 6 nitrogen and oxygen atoms in total. The van der Waals surface area contributed by atoms with Gasteiger partial charge in [0.1, 0.15) is 5.82 Å². The van der Waals surface area contributed by atoms with Crippen molar-refractivity contribution in [1.82, 2.24) is 0 Å². The normalized spacial score (nSPS) is 16.3. The molecule has 1 saturated heterocycles. The fourth-order valence-electron chi connectivity index (χ4n) is 2.90. The molecule has 1 aliphatic rings. The van der Waals surface area contributed by atoms with Gasteiger partial charge in [0.25, 0.3) is 5.91 Å². The summed E-state index contributed by atoms with van der Waals surface area (Å²) in [5.74, 6) is -2.30. The van der Waals surface area contributed by atoms with E-state index in [1.807, 2.05) is 31.2 Å². The first-order valence-electron chi connectivity index (χ1n) is 8.51. The van der Waals surface area contributed by atoms with Crippen LogP contribution in [0.1, 0.15) is 12.0 Å². The van der Waals surface area contributed by atoms with Crippen LogP contribution in [-0.4, -0.2) is 30.9 Å². The first-order valence-corrected chi connectivity index (χ1v) is 8.51.